The maximum atomic E-state index is 13.0. The number of esters is 1. The summed E-state index contributed by atoms with van der Waals surface area (Å²) in [6.07, 6.45) is 0.812. The van der Waals surface area contributed by atoms with Gasteiger partial charge in [-0.15, -0.1) is 11.3 Å². The molecule has 1 aromatic heterocycles. The molecule has 2 unspecified atom stereocenters. The number of hydrogen-bond acceptors (Lipinski definition) is 5. The molecule has 0 saturated carbocycles. The Morgan fingerprint density at radius 2 is 2.12 bits per heavy atom. The summed E-state index contributed by atoms with van der Waals surface area (Å²) < 4.78 is 32.6. The zero-order valence-electron chi connectivity index (χ0n) is 13.1. The maximum Gasteiger partial charge on any atom is 0.338 e. The molecule has 1 fully saturated rings. The van der Waals surface area contributed by atoms with Crippen LogP contribution in [0, 0.1) is 0 Å². The van der Waals surface area contributed by atoms with Crippen LogP contribution >= 0.6 is 11.3 Å². The lowest BCUT2D eigenvalue weighted by atomic mass is 10.1. The zero-order valence-corrected chi connectivity index (χ0v) is 14.8. The molecule has 1 saturated heterocycles. The monoisotopic (exact) mass is 363 g/mol. The largest absolute Gasteiger partial charge is 0.457 e. The molecule has 0 N–H and O–H groups in total. The number of thiophene rings is 1. The lowest BCUT2D eigenvalue weighted by Crippen LogP contribution is -2.34. The van der Waals surface area contributed by atoms with Crippen LogP contribution in [-0.4, -0.2) is 31.3 Å². The smallest absolute Gasteiger partial charge is 0.338 e. The van der Waals surface area contributed by atoms with E-state index < -0.39 is 16.0 Å². The Bertz CT molecular complexity index is 889. The summed E-state index contributed by atoms with van der Waals surface area (Å²) in [5.41, 5.74) is 1.10. The van der Waals surface area contributed by atoms with Crippen LogP contribution in [-0.2, 0) is 21.4 Å². The Morgan fingerprint density at radius 3 is 2.88 bits per heavy atom. The molecule has 1 aromatic carbocycles. The van der Waals surface area contributed by atoms with Crippen LogP contribution in [0.2, 0.25) is 0 Å². The number of carbonyl (C=O) groups is 1. The Balaban J connectivity index is 1.66. The van der Waals surface area contributed by atoms with Crippen molar-refractivity contribution in [3.05, 3.63) is 51.7 Å². The number of fused-ring (bicyclic) bond motifs is 1. The molecule has 2 atom stereocenters. The van der Waals surface area contributed by atoms with E-state index in [-0.39, 0.29) is 23.5 Å². The molecule has 0 spiro atoms. The van der Waals surface area contributed by atoms with E-state index in [0.29, 0.717) is 12.1 Å². The first kappa shape index (κ1) is 15.8. The van der Waals surface area contributed by atoms with Crippen LogP contribution in [0.4, 0.5) is 0 Å². The third kappa shape index (κ3) is 2.47. The Kier molecular flexibility index (Phi) is 3.74. The van der Waals surface area contributed by atoms with E-state index in [1.54, 1.807) is 27.8 Å². The molecule has 2 aliphatic rings. The molecule has 5 nitrogen and oxygen atoms in total. The van der Waals surface area contributed by atoms with E-state index in [0.717, 1.165) is 12.0 Å². The van der Waals surface area contributed by atoms with E-state index in [4.69, 9.17) is 4.74 Å². The van der Waals surface area contributed by atoms with Crippen LogP contribution < -0.4 is 0 Å². The first-order chi connectivity index (χ1) is 11.5. The maximum absolute atomic E-state index is 13.0. The number of rotatable bonds is 3. The van der Waals surface area contributed by atoms with Gasteiger partial charge < -0.3 is 4.74 Å². The molecule has 7 heteroatoms. The van der Waals surface area contributed by atoms with Crippen molar-refractivity contribution in [2.24, 2.45) is 0 Å². The third-order valence-electron chi connectivity index (χ3n) is 4.73. The zero-order chi connectivity index (χ0) is 16.9. The van der Waals surface area contributed by atoms with E-state index >= 15 is 0 Å². The number of nitrogens with zero attached hydrogens (tertiary/aromatic N) is 1. The van der Waals surface area contributed by atoms with Gasteiger partial charge in [0.2, 0.25) is 10.0 Å². The molecule has 2 aliphatic heterocycles. The molecule has 126 valence electrons. The highest BCUT2D eigenvalue weighted by Crippen LogP contribution is 2.37. The Labute approximate surface area is 144 Å². The number of carbonyl (C=O) groups excluding carboxylic acids is 1. The Hall–Kier alpha value is -1.70. The molecule has 0 radical (unpaired) electrons. The lowest BCUT2D eigenvalue weighted by Gasteiger charge is -2.21. The topological polar surface area (TPSA) is 63.7 Å². The molecule has 4 rings (SSSR count). The third-order valence-corrected chi connectivity index (χ3v) is 7.74. The summed E-state index contributed by atoms with van der Waals surface area (Å²) in [5, 5.41) is 2.02. The number of sulfonamides is 1. The average molecular weight is 363 g/mol. The van der Waals surface area contributed by atoms with Crippen molar-refractivity contribution in [2.45, 2.75) is 36.8 Å². The molecule has 2 aromatic rings. The standard InChI is InChI=1S/C17H17NO4S2/c1-11-7-13(16-3-2-6-23-16)9-18(11)24(20,21)14-5-4-12-10-22-17(19)15(12)8-14/h2-6,8,11,13H,7,9-10H2,1H3. The fourth-order valence-electron chi connectivity index (χ4n) is 3.45. The summed E-state index contributed by atoms with van der Waals surface area (Å²) in [7, 11) is -3.63. The molecule has 3 heterocycles. The van der Waals surface area contributed by atoms with Gasteiger partial charge in [0.1, 0.15) is 6.61 Å². The minimum absolute atomic E-state index is 0.0673. The van der Waals surface area contributed by atoms with Crippen molar-refractivity contribution >= 4 is 27.3 Å². The highest BCUT2D eigenvalue weighted by molar-refractivity contribution is 7.89. The fraction of sp³-hybridized carbons (Fsp3) is 0.353. The molecule has 0 amide bonds. The van der Waals surface area contributed by atoms with Gasteiger partial charge in [0, 0.05) is 28.9 Å². The van der Waals surface area contributed by atoms with Crippen molar-refractivity contribution in [1.82, 2.24) is 4.31 Å². The normalized spacial score (nSPS) is 24.1. The van der Waals surface area contributed by atoms with Gasteiger partial charge in [-0.1, -0.05) is 12.1 Å². The van der Waals surface area contributed by atoms with Gasteiger partial charge >= 0.3 is 5.97 Å². The number of benzene rings is 1. The molecule has 24 heavy (non-hydrogen) atoms. The predicted molar refractivity (Wildman–Crippen MR) is 90.6 cm³/mol. The van der Waals surface area contributed by atoms with E-state index in [2.05, 4.69) is 6.07 Å². The second kappa shape index (κ2) is 5.68. The van der Waals surface area contributed by atoms with Crippen molar-refractivity contribution in [3.8, 4) is 0 Å². The van der Waals surface area contributed by atoms with E-state index in [9.17, 15) is 13.2 Å². The molecule has 0 bridgehead atoms. The lowest BCUT2D eigenvalue weighted by molar-refractivity contribution is 0.0535. The quantitative estimate of drug-likeness (QED) is 0.787. The van der Waals surface area contributed by atoms with Crippen LogP contribution in [0.3, 0.4) is 0 Å². The summed E-state index contributed by atoms with van der Waals surface area (Å²) in [6.45, 7) is 2.63. The second-order valence-corrected chi connectivity index (χ2v) is 9.14. The van der Waals surface area contributed by atoms with Gasteiger partial charge in [0.05, 0.1) is 10.5 Å². The van der Waals surface area contributed by atoms with Gasteiger partial charge in [-0.25, -0.2) is 13.2 Å². The number of hydrogen-bond donors (Lipinski definition) is 0. The molecular formula is C17H17NO4S2. The number of cyclic esters (lactones) is 1. The SMILES string of the molecule is CC1CC(c2cccs2)CN1S(=O)(=O)c1ccc2c(c1)C(=O)OC2. The van der Waals surface area contributed by atoms with Crippen molar-refractivity contribution < 1.29 is 17.9 Å². The highest BCUT2D eigenvalue weighted by Gasteiger charge is 2.39. The van der Waals surface area contributed by atoms with Crippen LogP contribution in [0.5, 0.6) is 0 Å². The van der Waals surface area contributed by atoms with Crippen LogP contribution in [0.25, 0.3) is 0 Å². The first-order valence-corrected chi connectivity index (χ1v) is 10.1. The van der Waals surface area contributed by atoms with Crippen LogP contribution in [0.15, 0.2) is 40.6 Å². The fourth-order valence-corrected chi connectivity index (χ4v) is 6.00. The molecular weight excluding hydrogens is 346 g/mol. The summed E-state index contributed by atoms with van der Waals surface area (Å²) in [5.74, 6) is -0.220. The number of ether oxygens (including phenoxy) is 1. The van der Waals surface area contributed by atoms with Gasteiger partial charge in [-0.2, -0.15) is 4.31 Å². The van der Waals surface area contributed by atoms with Gasteiger partial charge in [-0.05, 0) is 36.9 Å². The van der Waals surface area contributed by atoms with Gasteiger partial charge in [0.15, 0.2) is 0 Å². The van der Waals surface area contributed by atoms with Crippen molar-refractivity contribution in [1.29, 1.82) is 0 Å². The summed E-state index contributed by atoms with van der Waals surface area (Å²) in [6, 6.07) is 8.68. The second-order valence-electron chi connectivity index (χ2n) is 6.27. The Morgan fingerprint density at radius 1 is 1.29 bits per heavy atom. The van der Waals surface area contributed by atoms with E-state index in [1.807, 2.05) is 18.4 Å². The average Bonchev–Trinajstić information content (AvgIpc) is 3.27. The minimum Gasteiger partial charge on any atom is -0.457 e. The molecule has 0 aliphatic carbocycles. The predicted octanol–water partition coefficient (Wildman–Crippen LogP) is 2.99. The van der Waals surface area contributed by atoms with Crippen LogP contribution in [0.1, 0.15) is 40.1 Å². The van der Waals surface area contributed by atoms with Gasteiger partial charge in [-0.3, -0.25) is 0 Å². The highest BCUT2D eigenvalue weighted by atomic mass is 32.2. The first-order valence-electron chi connectivity index (χ1n) is 7.82. The summed E-state index contributed by atoms with van der Waals surface area (Å²) >= 11 is 1.66. The van der Waals surface area contributed by atoms with Crippen molar-refractivity contribution in [2.75, 3.05) is 6.54 Å². The summed E-state index contributed by atoms with van der Waals surface area (Å²) in [4.78, 5) is 13.1. The van der Waals surface area contributed by atoms with Crippen molar-refractivity contribution in [3.63, 3.8) is 0 Å². The van der Waals surface area contributed by atoms with E-state index in [1.165, 1.54) is 10.9 Å². The van der Waals surface area contributed by atoms with Gasteiger partial charge in [0.25, 0.3) is 0 Å². The minimum atomic E-state index is -3.63.